The molecule has 0 atom stereocenters. The van der Waals surface area contributed by atoms with Crippen molar-refractivity contribution in [3.63, 3.8) is 0 Å². The van der Waals surface area contributed by atoms with Gasteiger partial charge in [0.25, 0.3) is 0 Å². The summed E-state index contributed by atoms with van der Waals surface area (Å²) < 4.78 is 2.91. The minimum absolute atomic E-state index is 0.673. The van der Waals surface area contributed by atoms with E-state index in [1.54, 1.807) is 6.33 Å². The van der Waals surface area contributed by atoms with Crippen LogP contribution in [0.15, 0.2) is 29.0 Å². The molecule has 0 aliphatic carbocycles. The molecule has 1 aromatic carbocycles. The van der Waals surface area contributed by atoms with Crippen molar-refractivity contribution < 1.29 is 0 Å². The van der Waals surface area contributed by atoms with Crippen LogP contribution in [0.3, 0.4) is 0 Å². The highest BCUT2D eigenvalue weighted by Gasteiger charge is 2.09. The summed E-state index contributed by atoms with van der Waals surface area (Å²) in [7, 11) is 0. The summed E-state index contributed by atoms with van der Waals surface area (Å²) in [6, 6.07) is 5.73. The Hall–Kier alpha value is -0.870. The van der Waals surface area contributed by atoms with Crippen LogP contribution >= 0.6 is 27.5 Å². The molecule has 0 amide bonds. The normalized spacial score (nSPS) is 10.6. The molecule has 1 heterocycles. The molecule has 0 aliphatic rings. The third-order valence-corrected chi connectivity index (χ3v) is 2.93. The van der Waals surface area contributed by atoms with Crippen LogP contribution in [-0.2, 0) is 6.54 Å². The minimum atomic E-state index is 0.673. The van der Waals surface area contributed by atoms with Gasteiger partial charge in [0, 0.05) is 16.6 Å². The molecule has 15 heavy (non-hydrogen) atoms. The number of hydrogen-bond acceptors (Lipinski definition) is 2. The molecule has 1 aromatic heterocycles. The van der Waals surface area contributed by atoms with Crippen LogP contribution in [0.1, 0.15) is 6.92 Å². The zero-order chi connectivity index (χ0) is 10.8. The second kappa shape index (κ2) is 4.33. The molecule has 0 spiro atoms. The molecular formula is C10H9BrClN3. The van der Waals surface area contributed by atoms with Gasteiger partial charge in [-0.15, -0.1) is 10.2 Å². The fourth-order valence-electron chi connectivity index (χ4n) is 1.37. The number of halogens is 2. The zero-order valence-electron chi connectivity index (χ0n) is 8.11. The number of hydrogen-bond donors (Lipinski definition) is 0. The smallest absolute Gasteiger partial charge is 0.165 e. The number of nitrogens with zero attached hydrogens (tertiary/aromatic N) is 3. The highest BCUT2D eigenvalue weighted by Crippen LogP contribution is 2.28. The molecule has 0 bridgehead atoms. The Morgan fingerprint density at radius 2 is 2.27 bits per heavy atom. The van der Waals surface area contributed by atoms with E-state index in [4.69, 9.17) is 11.6 Å². The fraction of sp³-hybridized carbons (Fsp3) is 0.200. The van der Waals surface area contributed by atoms with Gasteiger partial charge < -0.3 is 4.57 Å². The lowest BCUT2D eigenvalue weighted by atomic mass is 10.2. The summed E-state index contributed by atoms with van der Waals surface area (Å²) >= 11 is 9.51. The predicted molar refractivity (Wildman–Crippen MR) is 63.8 cm³/mol. The summed E-state index contributed by atoms with van der Waals surface area (Å²) in [4.78, 5) is 0. The summed E-state index contributed by atoms with van der Waals surface area (Å²) in [5, 5.41) is 8.61. The molecule has 0 unspecified atom stereocenters. The van der Waals surface area contributed by atoms with Gasteiger partial charge in [0.1, 0.15) is 6.33 Å². The van der Waals surface area contributed by atoms with Crippen LogP contribution in [0.5, 0.6) is 0 Å². The molecule has 2 aromatic rings. The van der Waals surface area contributed by atoms with Crippen molar-refractivity contribution in [1.29, 1.82) is 0 Å². The molecule has 0 aliphatic heterocycles. The van der Waals surface area contributed by atoms with Gasteiger partial charge in [-0.1, -0.05) is 27.5 Å². The highest BCUT2D eigenvalue weighted by atomic mass is 79.9. The first-order valence-corrected chi connectivity index (χ1v) is 5.72. The first-order valence-electron chi connectivity index (χ1n) is 4.55. The van der Waals surface area contributed by atoms with E-state index in [-0.39, 0.29) is 0 Å². The summed E-state index contributed by atoms with van der Waals surface area (Å²) in [5.74, 6) is 0.801. The Labute approximate surface area is 101 Å². The largest absolute Gasteiger partial charge is 0.314 e. The van der Waals surface area contributed by atoms with Crippen molar-refractivity contribution in [3.8, 4) is 11.4 Å². The quantitative estimate of drug-likeness (QED) is 0.847. The highest BCUT2D eigenvalue weighted by molar-refractivity contribution is 9.10. The molecule has 0 N–H and O–H groups in total. The van der Waals surface area contributed by atoms with Gasteiger partial charge in [-0.05, 0) is 25.1 Å². The van der Waals surface area contributed by atoms with Crippen molar-refractivity contribution >= 4 is 27.5 Å². The van der Waals surface area contributed by atoms with Crippen LogP contribution in [0.25, 0.3) is 11.4 Å². The van der Waals surface area contributed by atoms with Gasteiger partial charge in [0.15, 0.2) is 5.82 Å². The van der Waals surface area contributed by atoms with Crippen LogP contribution in [0.4, 0.5) is 0 Å². The number of aromatic nitrogens is 3. The van der Waals surface area contributed by atoms with Crippen molar-refractivity contribution in [1.82, 2.24) is 14.8 Å². The standard InChI is InChI=1S/C10H9BrClN3/c1-2-15-6-13-14-10(15)8-4-3-7(11)5-9(8)12/h3-6H,2H2,1H3. The summed E-state index contributed by atoms with van der Waals surface area (Å²) in [6.45, 7) is 2.87. The van der Waals surface area contributed by atoms with E-state index in [1.807, 2.05) is 29.7 Å². The molecule has 0 radical (unpaired) electrons. The Morgan fingerprint density at radius 3 is 2.93 bits per heavy atom. The Kier molecular flexibility index (Phi) is 3.07. The number of benzene rings is 1. The molecule has 2 rings (SSSR count). The van der Waals surface area contributed by atoms with E-state index >= 15 is 0 Å². The lowest BCUT2D eigenvalue weighted by Gasteiger charge is -2.05. The summed E-state index contributed by atoms with van der Waals surface area (Å²) in [5.41, 5.74) is 0.902. The molecule has 5 heteroatoms. The SMILES string of the molecule is CCn1cnnc1-c1ccc(Br)cc1Cl. The first kappa shape index (κ1) is 10.6. The molecule has 0 saturated heterocycles. The Bertz CT molecular complexity index is 481. The lowest BCUT2D eigenvalue weighted by molar-refractivity contribution is 0.767. The van der Waals surface area contributed by atoms with Crippen LogP contribution in [-0.4, -0.2) is 14.8 Å². The molecule has 0 fully saturated rings. The topological polar surface area (TPSA) is 30.7 Å². The van der Waals surface area contributed by atoms with Gasteiger partial charge in [-0.3, -0.25) is 0 Å². The van der Waals surface area contributed by atoms with E-state index < -0.39 is 0 Å². The monoisotopic (exact) mass is 285 g/mol. The average Bonchev–Trinajstić information content (AvgIpc) is 2.65. The van der Waals surface area contributed by atoms with Crippen molar-refractivity contribution in [2.45, 2.75) is 13.5 Å². The van der Waals surface area contributed by atoms with Gasteiger partial charge in [0.2, 0.25) is 0 Å². The maximum absolute atomic E-state index is 6.14. The molecule has 0 saturated carbocycles. The zero-order valence-corrected chi connectivity index (χ0v) is 10.5. The van der Waals surface area contributed by atoms with Gasteiger partial charge in [-0.25, -0.2) is 0 Å². The fourth-order valence-corrected chi connectivity index (χ4v) is 2.12. The third kappa shape index (κ3) is 2.06. The van der Waals surface area contributed by atoms with Crippen molar-refractivity contribution in [2.24, 2.45) is 0 Å². The second-order valence-corrected chi connectivity index (χ2v) is 4.39. The Balaban J connectivity index is 2.54. The van der Waals surface area contributed by atoms with E-state index in [2.05, 4.69) is 26.1 Å². The number of aryl methyl sites for hydroxylation is 1. The van der Waals surface area contributed by atoms with Crippen molar-refractivity contribution in [3.05, 3.63) is 34.0 Å². The van der Waals surface area contributed by atoms with Crippen molar-refractivity contribution in [2.75, 3.05) is 0 Å². The molecule has 78 valence electrons. The maximum Gasteiger partial charge on any atom is 0.165 e. The van der Waals surface area contributed by atoms with Gasteiger partial charge in [-0.2, -0.15) is 0 Å². The minimum Gasteiger partial charge on any atom is -0.314 e. The molecular weight excluding hydrogens is 277 g/mol. The second-order valence-electron chi connectivity index (χ2n) is 3.06. The Morgan fingerprint density at radius 1 is 1.47 bits per heavy atom. The van der Waals surface area contributed by atoms with Crippen LogP contribution in [0, 0.1) is 0 Å². The van der Waals surface area contributed by atoms with Gasteiger partial charge >= 0.3 is 0 Å². The van der Waals surface area contributed by atoms with E-state index in [0.29, 0.717) is 5.02 Å². The average molecular weight is 287 g/mol. The maximum atomic E-state index is 6.14. The lowest BCUT2D eigenvalue weighted by Crippen LogP contribution is -1.96. The van der Waals surface area contributed by atoms with E-state index in [9.17, 15) is 0 Å². The van der Waals surface area contributed by atoms with Crippen LogP contribution < -0.4 is 0 Å². The van der Waals surface area contributed by atoms with E-state index in [1.165, 1.54) is 0 Å². The molecule has 3 nitrogen and oxygen atoms in total. The van der Waals surface area contributed by atoms with Gasteiger partial charge in [0.05, 0.1) is 5.02 Å². The first-order chi connectivity index (χ1) is 7.22. The summed E-state index contributed by atoms with van der Waals surface area (Å²) in [6.07, 6.45) is 1.70. The predicted octanol–water partition coefficient (Wildman–Crippen LogP) is 3.38. The van der Waals surface area contributed by atoms with Crippen LogP contribution in [0.2, 0.25) is 5.02 Å². The number of rotatable bonds is 2. The van der Waals surface area contributed by atoms with E-state index in [0.717, 1.165) is 22.4 Å². The third-order valence-electron chi connectivity index (χ3n) is 2.13.